The van der Waals surface area contributed by atoms with Crippen LogP contribution >= 0.6 is 0 Å². The highest BCUT2D eigenvalue weighted by Crippen LogP contribution is 2.38. The highest BCUT2D eigenvalue weighted by molar-refractivity contribution is 6.15. The number of hydrogen-bond donors (Lipinski definition) is 0. The van der Waals surface area contributed by atoms with Crippen LogP contribution in [0.25, 0.3) is 77.2 Å². The number of fused-ring (bicyclic) bond motifs is 9. The summed E-state index contributed by atoms with van der Waals surface area (Å²) in [5.74, 6) is 0. The van der Waals surface area contributed by atoms with Crippen LogP contribution in [0.4, 0.5) is 0 Å². The van der Waals surface area contributed by atoms with Crippen molar-refractivity contribution in [2.75, 3.05) is 0 Å². The predicted octanol–water partition coefficient (Wildman–Crippen LogP) is 9.18. The monoisotopic (exact) mass is 499 g/mol. The maximum atomic E-state index is 6.20. The van der Waals surface area contributed by atoms with Gasteiger partial charge in [-0.15, -0.1) is 0 Å². The summed E-state index contributed by atoms with van der Waals surface area (Å²) in [6.07, 6.45) is 0. The molecule has 4 nitrogen and oxygen atoms in total. The fraction of sp³-hybridized carbons (Fsp3) is 0. The van der Waals surface area contributed by atoms with E-state index >= 15 is 0 Å². The number of benzene rings is 5. The predicted molar refractivity (Wildman–Crippen MR) is 160 cm³/mol. The van der Waals surface area contributed by atoms with Gasteiger partial charge < -0.3 is 8.98 Å². The van der Waals surface area contributed by atoms with Crippen molar-refractivity contribution >= 4 is 65.8 Å². The number of pyridine rings is 1. The number of furan rings is 1. The van der Waals surface area contributed by atoms with Crippen LogP contribution in [0.5, 0.6) is 0 Å². The first-order valence-corrected chi connectivity index (χ1v) is 13.2. The van der Waals surface area contributed by atoms with Crippen LogP contribution in [0.1, 0.15) is 0 Å². The Morgan fingerprint density at radius 2 is 1.08 bits per heavy atom. The Balaban J connectivity index is 1.39. The summed E-state index contributed by atoms with van der Waals surface area (Å²) in [4.78, 5) is 5.24. The second-order valence-corrected chi connectivity index (χ2v) is 10.0. The molecule has 0 atom stereocenters. The number of nitrogens with zero attached hydrogens (tertiary/aromatic N) is 3. The average Bonchev–Trinajstić information content (AvgIpc) is 3.63. The van der Waals surface area contributed by atoms with Gasteiger partial charge in [0.25, 0.3) is 0 Å². The highest BCUT2D eigenvalue weighted by atomic mass is 16.3. The largest absolute Gasteiger partial charge is 0.454 e. The molecular formula is C35H21N3O. The maximum absolute atomic E-state index is 6.20. The summed E-state index contributed by atoms with van der Waals surface area (Å²) in [6, 6.07) is 44.8. The highest BCUT2D eigenvalue weighted by Gasteiger charge is 2.19. The second-order valence-electron chi connectivity index (χ2n) is 10.0. The van der Waals surface area contributed by atoms with E-state index < -0.39 is 0 Å². The van der Waals surface area contributed by atoms with Crippen LogP contribution < -0.4 is 0 Å². The zero-order valence-corrected chi connectivity index (χ0v) is 20.9. The van der Waals surface area contributed by atoms with Gasteiger partial charge in [0.2, 0.25) is 0 Å². The Bertz CT molecular complexity index is 2390. The van der Waals surface area contributed by atoms with Gasteiger partial charge in [-0.1, -0.05) is 66.7 Å². The van der Waals surface area contributed by atoms with Crippen LogP contribution in [0.3, 0.4) is 0 Å². The number of rotatable bonds is 2. The lowest BCUT2D eigenvalue weighted by Crippen LogP contribution is -1.96. The molecule has 5 aromatic carbocycles. The van der Waals surface area contributed by atoms with Gasteiger partial charge in [-0.05, 0) is 60.7 Å². The van der Waals surface area contributed by atoms with E-state index in [1.54, 1.807) is 0 Å². The molecule has 0 aliphatic heterocycles. The van der Waals surface area contributed by atoms with E-state index in [4.69, 9.17) is 9.40 Å². The van der Waals surface area contributed by atoms with E-state index in [0.717, 1.165) is 55.4 Å². The average molecular weight is 500 g/mol. The Kier molecular flexibility index (Phi) is 4.02. The first-order valence-electron chi connectivity index (χ1n) is 13.2. The van der Waals surface area contributed by atoms with Crippen molar-refractivity contribution in [2.45, 2.75) is 0 Å². The molecule has 0 spiro atoms. The van der Waals surface area contributed by atoms with Crippen molar-refractivity contribution in [3.8, 4) is 11.4 Å². The van der Waals surface area contributed by atoms with E-state index in [2.05, 4.69) is 118 Å². The van der Waals surface area contributed by atoms with Gasteiger partial charge in [-0.2, -0.15) is 0 Å². The molecule has 0 amide bonds. The lowest BCUT2D eigenvalue weighted by molar-refractivity contribution is 0.669. The third-order valence-electron chi connectivity index (χ3n) is 7.91. The van der Waals surface area contributed by atoms with Crippen molar-refractivity contribution < 1.29 is 4.42 Å². The Labute approximate surface area is 222 Å². The van der Waals surface area contributed by atoms with Gasteiger partial charge in [0.1, 0.15) is 16.7 Å². The van der Waals surface area contributed by atoms with Gasteiger partial charge in [0, 0.05) is 38.3 Å². The number of hydrogen-bond acceptors (Lipinski definition) is 2. The molecular weight excluding hydrogens is 478 g/mol. The fourth-order valence-electron chi connectivity index (χ4n) is 6.22. The fourth-order valence-corrected chi connectivity index (χ4v) is 6.22. The summed E-state index contributed by atoms with van der Waals surface area (Å²) in [6.45, 7) is 0. The molecule has 0 aliphatic rings. The second kappa shape index (κ2) is 7.59. The molecule has 0 aliphatic carbocycles. The Morgan fingerprint density at radius 3 is 1.90 bits per heavy atom. The standard InChI is InChI=1S/C35H21N3O/c1-2-10-22(11-3-1)37-29-15-7-4-12-24(29)27-20-23(18-19-31(27)37)38-30-16-8-5-13-25(30)28-21-33-34(36-35(28)38)26-14-6-9-17-32(26)39-33/h1-21H. The molecule has 4 heterocycles. The molecule has 0 fully saturated rings. The molecule has 9 rings (SSSR count). The van der Waals surface area contributed by atoms with E-state index in [0.29, 0.717) is 0 Å². The third kappa shape index (κ3) is 2.80. The van der Waals surface area contributed by atoms with Gasteiger partial charge in [-0.3, -0.25) is 4.57 Å². The van der Waals surface area contributed by atoms with Crippen molar-refractivity contribution in [2.24, 2.45) is 0 Å². The van der Waals surface area contributed by atoms with Crippen LogP contribution in [0.2, 0.25) is 0 Å². The molecule has 0 N–H and O–H groups in total. The minimum absolute atomic E-state index is 0.813. The molecule has 0 unspecified atom stereocenters. The lowest BCUT2D eigenvalue weighted by atomic mass is 10.1. The first kappa shape index (κ1) is 20.7. The SMILES string of the molecule is c1ccc(-n2c3ccccc3c3cc(-n4c5ccccc5c5cc6oc7ccccc7c6nc54)ccc32)cc1. The quantitative estimate of drug-likeness (QED) is 0.238. The van der Waals surface area contributed by atoms with Crippen LogP contribution in [0, 0.1) is 0 Å². The zero-order chi connectivity index (χ0) is 25.5. The molecule has 0 radical (unpaired) electrons. The number of para-hydroxylation sites is 4. The van der Waals surface area contributed by atoms with Crippen molar-refractivity contribution in [1.82, 2.24) is 14.1 Å². The van der Waals surface area contributed by atoms with Gasteiger partial charge in [-0.25, -0.2) is 4.98 Å². The lowest BCUT2D eigenvalue weighted by Gasteiger charge is -2.10. The van der Waals surface area contributed by atoms with Crippen molar-refractivity contribution in [3.05, 3.63) is 127 Å². The molecule has 182 valence electrons. The molecule has 4 aromatic heterocycles. The molecule has 9 aromatic rings. The normalized spacial score (nSPS) is 12.1. The summed E-state index contributed by atoms with van der Waals surface area (Å²) < 4.78 is 10.8. The van der Waals surface area contributed by atoms with Gasteiger partial charge in [0.05, 0.1) is 16.6 Å². The smallest absolute Gasteiger partial charge is 0.154 e. The topological polar surface area (TPSA) is 35.9 Å². The summed E-state index contributed by atoms with van der Waals surface area (Å²) >= 11 is 0. The van der Waals surface area contributed by atoms with Gasteiger partial charge in [0.15, 0.2) is 5.58 Å². The molecule has 0 bridgehead atoms. The summed E-state index contributed by atoms with van der Waals surface area (Å²) in [5, 5.41) is 5.73. The maximum Gasteiger partial charge on any atom is 0.154 e. The molecule has 4 heteroatoms. The van der Waals surface area contributed by atoms with Crippen LogP contribution in [-0.2, 0) is 0 Å². The summed E-state index contributed by atoms with van der Waals surface area (Å²) in [7, 11) is 0. The van der Waals surface area contributed by atoms with Crippen LogP contribution in [0.15, 0.2) is 132 Å². The Hall–Kier alpha value is -5.35. The number of aromatic nitrogens is 3. The van der Waals surface area contributed by atoms with E-state index in [1.165, 1.54) is 21.8 Å². The molecule has 0 saturated carbocycles. The Morgan fingerprint density at radius 1 is 0.436 bits per heavy atom. The summed E-state index contributed by atoms with van der Waals surface area (Å²) in [5.41, 5.74) is 9.25. The van der Waals surface area contributed by atoms with E-state index in [-0.39, 0.29) is 0 Å². The van der Waals surface area contributed by atoms with Crippen molar-refractivity contribution in [1.29, 1.82) is 0 Å². The minimum Gasteiger partial charge on any atom is -0.454 e. The van der Waals surface area contributed by atoms with Gasteiger partial charge >= 0.3 is 0 Å². The molecule has 39 heavy (non-hydrogen) atoms. The third-order valence-corrected chi connectivity index (χ3v) is 7.91. The van der Waals surface area contributed by atoms with E-state index in [1.807, 2.05) is 18.2 Å². The van der Waals surface area contributed by atoms with E-state index in [9.17, 15) is 0 Å². The van der Waals surface area contributed by atoms with Crippen LogP contribution in [-0.4, -0.2) is 14.1 Å². The zero-order valence-electron chi connectivity index (χ0n) is 20.9. The first-order chi connectivity index (χ1) is 19.3. The molecule has 0 saturated heterocycles. The minimum atomic E-state index is 0.813. The van der Waals surface area contributed by atoms with Crippen molar-refractivity contribution in [3.63, 3.8) is 0 Å².